The van der Waals surface area contributed by atoms with Gasteiger partial charge in [0.15, 0.2) is 17.9 Å². The Balaban J connectivity index is 1.72. The summed E-state index contributed by atoms with van der Waals surface area (Å²) in [5.41, 5.74) is 0. The fourth-order valence-corrected chi connectivity index (χ4v) is 2.95. The van der Waals surface area contributed by atoms with E-state index in [9.17, 15) is 0 Å². The van der Waals surface area contributed by atoms with Gasteiger partial charge in [0, 0.05) is 7.11 Å². The summed E-state index contributed by atoms with van der Waals surface area (Å²) in [6.07, 6.45) is -1.25. The van der Waals surface area contributed by atoms with Crippen molar-refractivity contribution >= 4 is 0 Å². The van der Waals surface area contributed by atoms with E-state index >= 15 is 0 Å². The number of fused-ring (bicyclic) bond motifs is 1. The van der Waals surface area contributed by atoms with Crippen LogP contribution in [-0.4, -0.2) is 56.0 Å². The normalized spacial score (nSPS) is 47.5. The van der Waals surface area contributed by atoms with Crippen LogP contribution in [-0.2, 0) is 28.4 Å². The number of hydrogen-bond acceptors (Lipinski definition) is 6. The highest BCUT2D eigenvalue weighted by atomic mass is 16.8. The first-order chi connectivity index (χ1) is 8.81. The average Bonchev–Trinajstić information content (AvgIpc) is 2.87. The average molecular weight is 274 g/mol. The lowest BCUT2D eigenvalue weighted by Gasteiger charge is -2.28. The number of rotatable bonds is 2. The maximum absolute atomic E-state index is 5.92. The molecule has 3 fully saturated rings. The number of ether oxygens (including phenoxy) is 6. The van der Waals surface area contributed by atoms with Crippen molar-refractivity contribution in [3.05, 3.63) is 0 Å². The molecule has 110 valence electrons. The van der Waals surface area contributed by atoms with E-state index in [1.165, 1.54) is 0 Å². The van der Waals surface area contributed by atoms with Gasteiger partial charge < -0.3 is 28.4 Å². The molecule has 2 unspecified atom stereocenters. The van der Waals surface area contributed by atoms with Gasteiger partial charge in [-0.15, -0.1) is 0 Å². The van der Waals surface area contributed by atoms with Crippen molar-refractivity contribution < 1.29 is 28.4 Å². The largest absolute Gasteiger partial charge is 0.376 e. The molecule has 0 aromatic rings. The molecule has 6 nitrogen and oxygen atoms in total. The molecule has 3 heterocycles. The van der Waals surface area contributed by atoms with E-state index in [1.54, 1.807) is 7.11 Å². The topological polar surface area (TPSA) is 55.4 Å². The van der Waals surface area contributed by atoms with Crippen LogP contribution in [0.25, 0.3) is 0 Å². The lowest BCUT2D eigenvalue weighted by Crippen LogP contribution is -2.43. The minimum absolute atomic E-state index is 0.166. The van der Waals surface area contributed by atoms with E-state index in [0.717, 1.165) is 0 Å². The Morgan fingerprint density at radius 1 is 0.947 bits per heavy atom. The summed E-state index contributed by atoms with van der Waals surface area (Å²) in [6.45, 7) is 8.01. The zero-order valence-electron chi connectivity index (χ0n) is 12.0. The second-order valence-electron chi connectivity index (χ2n) is 6.14. The van der Waals surface area contributed by atoms with Gasteiger partial charge in [-0.1, -0.05) is 0 Å². The molecule has 0 N–H and O–H groups in total. The highest BCUT2D eigenvalue weighted by molar-refractivity contribution is 4.98. The second kappa shape index (κ2) is 4.38. The molecule has 19 heavy (non-hydrogen) atoms. The molecular weight excluding hydrogens is 252 g/mol. The van der Waals surface area contributed by atoms with Crippen LogP contribution < -0.4 is 0 Å². The zero-order chi connectivity index (χ0) is 13.8. The lowest BCUT2D eigenvalue weighted by molar-refractivity contribution is -0.234. The Kier molecular flexibility index (Phi) is 3.16. The van der Waals surface area contributed by atoms with E-state index in [2.05, 4.69) is 0 Å². The Morgan fingerprint density at radius 2 is 1.68 bits per heavy atom. The van der Waals surface area contributed by atoms with Crippen LogP contribution in [0.3, 0.4) is 0 Å². The molecule has 0 aliphatic carbocycles. The summed E-state index contributed by atoms with van der Waals surface area (Å²) in [5.74, 6) is -1.21. The van der Waals surface area contributed by atoms with Crippen molar-refractivity contribution in [3.63, 3.8) is 0 Å². The van der Waals surface area contributed by atoms with E-state index in [0.29, 0.717) is 6.61 Å². The number of hydrogen-bond donors (Lipinski definition) is 0. The van der Waals surface area contributed by atoms with Crippen molar-refractivity contribution in [2.45, 2.75) is 70.0 Å². The summed E-state index contributed by atoms with van der Waals surface area (Å²) >= 11 is 0. The fraction of sp³-hybridized carbons (Fsp3) is 1.00. The predicted molar refractivity (Wildman–Crippen MR) is 64.4 cm³/mol. The maximum Gasteiger partial charge on any atom is 0.190 e. The van der Waals surface area contributed by atoms with Crippen LogP contribution in [0.2, 0.25) is 0 Å². The standard InChI is InChI=1S/C13H22O6/c1-12(2)15-6-7(17-12)8-9(14-5)10-11(16-8)19-13(3,4)18-10/h7-11H,6H2,1-5H3/t7?,8-,9+,10-,11?/m1/s1. The third-order valence-electron chi connectivity index (χ3n) is 3.70. The maximum atomic E-state index is 5.92. The zero-order valence-corrected chi connectivity index (χ0v) is 12.0. The van der Waals surface area contributed by atoms with Crippen LogP contribution in [0.5, 0.6) is 0 Å². The molecule has 0 radical (unpaired) electrons. The van der Waals surface area contributed by atoms with Gasteiger partial charge in [-0.25, -0.2) is 0 Å². The summed E-state index contributed by atoms with van der Waals surface area (Å²) < 4.78 is 34.5. The summed E-state index contributed by atoms with van der Waals surface area (Å²) in [5, 5.41) is 0. The predicted octanol–water partition coefficient (Wildman–Crippen LogP) is 1.03. The lowest BCUT2D eigenvalue weighted by atomic mass is 10.1. The van der Waals surface area contributed by atoms with Crippen LogP contribution in [0.1, 0.15) is 27.7 Å². The summed E-state index contributed by atoms with van der Waals surface area (Å²) in [6, 6.07) is 0. The first-order valence-corrected chi connectivity index (χ1v) is 6.67. The molecule has 0 aromatic carbocycles. The Labute approximate surface area is 113 Å². The molecule has 0 saturated carbocycles. The van der Waals surface area contributed by atoms with Gasteiger partial charge in [0.1, 0.15) is 24.4 Å². The van der Waals surface area contributed by atoms with Gasteiger partial charge in [-0.3, -0.25) is 0 Å². The second-order valence-corrected chi connectivity index (χ2v) is 6.14. The minimum Gasteiger partial charge on any atom is -0.376 e. The molecule has 0 spiro atoms. The van der Waals surface area contributed by atoms with Gasteiger partial charge in [0.25, 0.3) is 0 Å². The molecule has 3 aliphatic rings. The number of methoxy groups -OCH3 is 1. The van der Waals surface area contributed by atoms with Crippen LogP contribution >= 0.6 is 0 Å². The summed E-state index contributed by atoms with van der Waals surface area (Å²) in [4.78, 5) is 0. The minimum atomic E-state index is -0.636. The van der Waals surface area contributed by atoms with Crippen LogP contribution in [0.15, 0.2) is 0 Å². The van der Waals surface area contributed by atoms with Gasteiger partial charge in [0.2, 0.25) is 0 Å². The first-order valence-electron chi connectivity index (χ1n) is 6.67. The van der Waals surface area contributed by atoms with E-state index in [1.807, 2.05) is 27.7 Å². The third-order valence-corrected chi connectivity index (χ3v) is 3.70. The molecule has 3 aliphatic heterocycles. The van der Waals surface area contributed by atoms with Gasteiger partial charge >= 0.3 is 0 Å². The smallest absolute Gasteiger partial charge is 0.190 e. The van der Waals surface area contributed by atoms with Gasteiger partial charge in [-0.2, -0.15) is 0 Å². The Bertz CT molecular complexity index is 355. The molecule has 0 bridgehead atoms. The van der Waals surface area contributed by atoms with Crippen LogP contribution in [0, 0.1) is 0 Å². The monoisotopic (exact) mass is 274 g/mol. The van der Waals surface area contributed by atoms with Crippen molar-refractivity contribution in [1.82, 2.24) is 0 Å². The SMILES string of the molecule is CO[C@H]1[C@@H](C2COC(C)(C)O2)OC2OC(C)(C)O[C@@H]21. The molecule has 3 rings (SSSR count). The van der Waals surface area contributed by atoms with E-state index in [4.69, 9.17) is 28.4 Å². The molecule has 0 aromatic heterocycles. The Hall–Kier alpha value is -0.240. The first kappa shape index (κ1) is 13.7. The van der Waals surface area contributed by atoms with Gasteiger partial charge in [-0.05, 0) is 27.7 Å². The molecule has 6 heteroatoms. The van der Waals surface area contributed by atoms with Gasteiger partial charge in [0.05, 0.1) is 6.61 Å². The van der Waals surface area contributed by atoms with Crippen molar-refractivity contribution in [3.8, 4) is 0 Å². The third kappa shape index (κ3) is 2.41. The van der Waals surface area contributed by atoms with E-state index < -0.39 is 17.9 Å². The molecule has 5 atom stereocenters. The molecular formula is C13H22O6. The molecule has 0 amide bonds. The highest BCUT2D eigenvalue weighted by Gasteiger charge is 2.58. The van der Waals surface area contributed by atoms with Crippen molar-refractivity contribution in [2.75, 3.05) is 13.7 Å². The summed E-state index contributed by atoms with van der Waals surface area (Å²) in [7, 11) is 1.65. The quantitative estimate of drug-likeness (QED) is 0.749. The van der Waals surface area contributed by atoms with Crippen LogP contribution in [0.4, 0.5) is 0 Å². The van der Waals surface area contributed by atoms with E-state index in [-0.39, 0.29) is 24.4 Å². The molecule has 3 saturated heterocycles. The van der Waals surface area contributed by atoms with Crippen molar-refractivity contribution in [2.24, 2.45) is 0 Å². The fourth-order valence-electron chi connectivity index (χ4n) is 2.95. The Morgan fingerprint density at radius 3 is 2.26 bits per heavy atom. The van der Waals surface area contributed by atoms with Crippen molar-refractivity contribution in [1.29, 1.82) is 0 Å². The highest BCUT2D eigenvalue weighted by Crippen LogP contribution is 2.41.